The molecular formula is C10H8F4N4OS. The van der Waals surface area contributed by atoms with Crippen LogP contribution in [0.15, 0.2) is 22.4 Å². The number of rotatable bonds is 4. The van der Waals surface area contributed by atoms with Crippen LogP contribution in [0, 0.1) is 5.82 Å². The Labute approximate surface area is 114 Å². The molecule has 108 valence electrons. The fraction of sp³-hybridized carbons (Fsp3) is 0.300. The molecule has 0 saturated carbocycles. The molecule has 0 radical (unpaired) electrons. The lowest BCUT2D eigenvalue weighted by Gasteiger charge is -2.06. The lowest BCUT2D eigenvalue weighted by atomic mass is 10.3. The fourth-order valence-electron chi connectivity index (χ4n) is 1.27. The van der Waals surface area contributed by atoms with Crippen molar-refractivity contribution >= 4 is 11.8 Å². The van der Waals surface area contributed by atoms with Crippen LogP contribution in [0.4, 0.5) is 17.6 Å². The smallest absolute Gasteiger partial charge is 0.377 e. The van der Waals surface area contributed by atoms with Crippen molar-refractivity contribution in [2.45, 2.75) is 23.0 Å². The third-order valence-corrected chi connectivity index (χ3v) is 2.97. The number of aromatic amines is 1. The van der Waals surface area contributed by atoms with Crippen LogP contribution >= 0.6 is 11.8 Å². The molecule has 0 aliphatic carbocycles. The Balaban J connectivity index is 2.17. The van der Waals surface area contributed by atoms with Gasteiger partial charge in [-0.1, -0.05) is 0 Å². The van der Waals surface area contributed by atoms with Gasteiger partial charge in [0.05, 0.1) is 5.56 Å². The Kier molecular flexibility index (Phi) is 4.23. The average molecular weight is 308 g/mol. The highest BCUT2D eigenvalue weighted by molar-refractivity contribution is 7.99. The molecule has 0 aliphatic heterocycles. The molecule has 2 aromatic heterocycles. The molecule has 5 nitrogen and oxygen atoms in total. The van der Waals surface area contributed by atoms with E-state index < -0.39 is 17.6 Å². The van der Waals surface area contributed by atoms with Gasteiger partial charge in [0.1, 0.15) is 11.6 Å². The van der Waals surface area contributed by atoms with E-state index in [1.807, 2.05) is 0 Å². The van der Waals surface area contributed by atoms with Crippen molar-refractivity contribution < 1.29 is 22.3 Å². The van der Waals surface area contributed by atoms with Gasteiger partial charge in [0.15, 0.2) is 11.6 Å². The summed E-state index contributed by atoms with van der Waals surface area (Å²) in [5, 5.41) is 6.21. The first-order valence-electron chi connectivity index (χ1n) is 5.21. The highest BCUT2D eigenvalue weighted by atomic mass is 32.2. The number of pyridine rings is 1. The SMILES string of the molecule is COCc1nc(Sc2ncc(C(F)(F)F)cc2F)n[nH]1. The second kappa shape index (κ2) is 5.75. The van der Waals surface area contributed by atoms with Gasteiger partial charge >= 0.3 is 6.18 Å². The molecule has 2 aromatic rings. The van der Waals surface area contributed by atoms with E-state index in [0.717, 1.165) is 11.8 Å². The van der Waals surface area contributed by atoms with Crippen LogP contribution in [0.3, 0.4) is 0 Å². The average Bonchev–Trinajstić information content (AvgIpc) is 2.78. The van der Waals surface area contributed by atoms with E-state index in [1.54, 1.807) is 0 Å². The van der Waals surface area contributed by atoms with Crippen molar-refractivity contribution in [3.05, 3.63) is 29.5 Å². The number of aromatic nitrogens is 4. The minimum atomic E-state index is -4.63. The van der Waals surface area contributed by atoms with Crippen LogP contribution in [-0.4, -0.2) is 27.3 Å². The molecule has 2 heterocycles. The quantitative estimate of drug-likeness (QED) is 0.880. The molecule has 0 atom stereocenters. The molecular weight excluding hydrogens is 300 g/mol. The molecule has 0 unspecified atom stereocenters. The van der Waals surface area contributed by atoms with E-state index >= 15 is 0 Å². The number of alkyl halides is 3. The van der Waals surface area contributed by atoms with Crippen LogP contribution in [-0.2, 0) is 17.5 Å². The van der Waals surface area contributed by atoms with Crippen molar-refractivity contribution in [2.24, 2.45) is 0 Å². The van der Waals surface area contributed by atoms with Gasteiger partial charge in [-0.25, -0.2) is 14.4 Å². The normalized spacial score (nSPS) is 11.8. The molecule has 0 aliphatic rings. The number of ether oxygens (including phenoxy) is 1. The van der Waals surface area contributed by atoms with Gasteiger partial charge in [0.25, 0.3) is 0 Å². The molecule has 20 heavy (non-hydrogen) atoms. The maximum atomic E-state index is 13.5. The van der Waals surface area contributed by atoms with E-state index in [4.69, 9.17) is 4.74 Å². The maximum absolute atomic E-state index is 13.5. The third-order valence-electron chi connectivity index (χ3n) is 2.11. The second-order valence-corrected chi connectivity index (χ2v) is 4.56. The monoisotopic (exact) mass is 308 g/mol. The molecule has 0 bridgehead atoms. The van der Waals surface area contributed by atoms with E-state index in [1.165, 1.54) is 7.11 Å². The Morgan fingerprint density at radius 1 is 1.40 bits per heavy atom. The van der Waals surface area contributed by atoms with Crippen molar-refractivity contribution in [1.82, 2.24) is 20.2 Å². The largest absolute Gasteiger partial charge is 0.417 e. The van der Waals surface area contributed by atoms with E-state index in [2.05, 4.69) is 20.2 Å². The Hall–Kier alpha value is -1.68. The van der Waals surface area contributed by atoms with Gasteiger partial charge in [-0.3, -0.25) is 5.10 Å². The third kappa shape index (κ3) is 3.45. The number of halogens is 4. The summed E-state index contributed by atoms with van der Waals surface area (Å²) < 4.78 is 55.4. The summed E-state index contributed by atoms with van der Waals surface area (Å²) in [6, 6.07) is 0.387. The Bertz CT molecular complexity index is 601. The number of nitrogens with one attached hydrogen (secondary N) is 1. The van der Waals surface area contributed by atoms with Gasteiger partial charge in [0.2, 0.25) is 5.16 Å². The minimum absolute atomic E-state index is 0.142. The van der Waals surface area contributed by atoms with E-state index in [9.17, 15) is 17.6 Å². The van der Waals surface area contributed by atoms with Crippen molar-refractivity contribution in [1.29, 1.82) is 0 Å². The van der Waals surface area contributed by atoms with Crippen LogP contribution in [0.25, 0.3) is 0 Å². The second-order valence-electron chi connectivity index (χ2n) is 3.61. The van der Waals surface area contributed by atoms with E-state index in [-0.39, 0.29) is 16.8 Å². The predicted molar refractivity (Wildman–Crippen MR) is 60.4 cm³/mol. The number of hydrogen-bond donors (Lipinski definition) is 1. The van der Waals surface area contributed by atoms with Crippen LogP contribution in [0.1, 0.15) is 11.4 Å². The van der Waals surface area contributed by atoms with Gasteiger partial charge in [0, 0.05) is 13.3 Å². The molecule has 0 aromatic carbocycles. The van der Waals surface area contributed by atoms with Gasteiger partial charge < -0.3 is 4.74 Å². The van der Waals surface area contributed by atoms with Crippen molar-refractivity contribution in [3.63, 3.8) is 0 Å². The standard InChI is InChI=1S/C10H8F4N4OS/c1-19-4-7-16-9(18-17-7)20-8-6(11)2-5(3-15-8)10(12,13)14/h2-3H,4H2,1H3,(H,16,17,18). The van der Waals surface area contributed by atoms with Gasteiger partial charge in [-0.15, -0.1) is 5.10 Å². The zero-order valence-electron chi connectivity index (χ0n) is 10.0. The lowest BCUT2D eigenvalue weighted by molar-refractivity contribution is -0.138. The molecule has 0 fully saturated rings. The lowest BCUT2D eigenvalue weighted by Crippen LogP contribution is -2.06. The van der Waals surface area contributed by atoms with Crippen LogP contribution in [0.5, 0.6) is 0 Å². The summed E-state index contributed by atoms with van der Waals surface area (Å²) in [4.78, 5) is 7.39. The zero-order valence-corrected chi connectivity index (χ0v) is 10.8. The van der Waals surface area contributed by atoms with Gasteiger partial charge in [-0.2, -0.15) is 13.2 Å². The Morgan fingerprint density at radius 3 is 2.75 bits per heavy atom. The summed E-state index contributed by atoms with van der Waals surface area (Å²) >= 11 is 0.718. The first kappa shape index (κ1) is 14.7. The number of hydrogen-bond acceptors (Lipinski definition) is 5. The Morgan fingerprint density at radius 2 is 2.15 bits per heavy atom. The molecule has 0 spiro atoms. The number of H-pyrrole nitrogens is 1. The zero-order chi connectivity index (χ0) is 14.8. The molecule has 0 amide bonds. The maximum Gasteiger partial charge on any atom is 0.417 e. The van der Waals surface area contributed by atoms with Gasteiger partial charge in [-0.05, 0) is 17.8 Å². The first-order valence-corrected chi connectivity index (χ1v) is 6.02. The first-order chi connectivity index (χ1) is 9.40. The highest BCUT2D eigenvalue weighted by Gasteiger charge is 2.32. The van der Waals surface area contributed by atoms with Crippen molar-refractivity contribution in [3.8, 4) is 0 Å². The summed E-state index contributed by atoms with van der Waals surface area (Å²) in [7, 11) is 1.46. The number of methoxy groups -OCH3 is 1. The highest BCUT2D eigenvalue weighted by Crippen LogP contribution is 2.32. The summed E-state index contributed by atoms with van der Waals surface area (Å²) in [5.41, 5.74) is -1.14. The summed E-state index contributed by atoms with van der Waals surface area (Å²) in [6.45, 7) is 0.191. The summed E-state index contributed by atoms with van der Waals surface area (Å²) in [5.74, 6) is -0.662. The molecule has 0 saturated heterocycles. The predicted octanol–water partition coefficient (Wildman–Crippen LogP) is 2.66. The number of nitrogens with zero attached hydrogens (tertiary/aromatic N) is 3. The van der Waals surface area contributed by atoms with Crippen molar-refractivity contribution in [2.75, 3.05) is 7.11 Å². The fourth-order valence-corrected chi connectivity index (χ4v) is 1.95. The van der Waals surface area contributed by atoms with E-state index in [0.29, 0.717) is 18.1 Å². The molecule has 10 heteroatoms. The topological polar surface area (TPSA) is 63.7 Å². The van der Waals surface area contributed by atoms with Crippen LogP contribution in [0.2, 0.25) is 0 Å². The molecule has 2 rings (SSSR count). The molecule has 1 N–H and O–H groups in total. The minimum Gasteiger partial charge on any atom is -0.377 e. The summed E-state index contributed by atoms with van der Waals surface area (Å²) in [6.07, 6.45) is -4.07. The van der Waals surface area contributed by atoms with Crippen LogP contribution < -0.4 is 0 Å².